The van der Waals surface area contributed by atoms with Gasteiger partial charge in [-0.1, -0.05) is 34.1 Å². The van der Waals surface area contributed by atoms with E-state index in [4.69, 9.17) is 5.73 Å². The van der Waals surface area contributed by atoms with Crippen LogP contribution in [0.2, 0.25) is 0 Å². The van der Waals surface area contributed by atoms with Crippen LogP contribution in [-0.2, 0) is 4.79 Å². The summed E-state index contributed by atoms with van der Waals surface area (Å²) < 4.78 is 0.839. The number of rotatable bonds is 5. The summed E-state index contributed by atoms with van der Waals surface area (Å²) in [6.45, 7) is 0. The summed E-state index contributed by atoms with van der Waals surface area (Å²) in [5, 5.41) is 2.85. The van der Waals surface area contributed by atoms with Crippen molar-refractivity contribution < 1.29 is 9.59 Å². The fourth-order valence-electron chi connectivity index (χ4n) is 1.67. The first-order valence-corrected chi connectivity index (χ1v) is 7.91. The number of benzene rings is 2. The highest BCUT2D eigenvalue weighted by Crippen LogP contribution is 2.27. The van der Waals surface area contributed by atoms with E-state index in [0.29, 0.717) is 11.3 Å². The van der Waals surface area contributed by atoms with Crippen LogP contribution in [0.15, 0.2) is 57.9 Å². The predicted octanol–water partition coefficient (Wildman–Crippen LogP) is 3.28. The number of carbonyl (C=O) groups excluding carboxylic acids is 2. The molecule has 6 heteroatoms. The van der Waals surface area contributed by atoms with Gasteiger partial charge in [-0.3, -0.25) is 9.59 Å². The molecule has 0 aromatic heterocycles. The van der Waals surface area contributed by atoms with Gasteiger partial charge in [0, 0.05) is 14.9 Å². The smallest absolute Gasteiger partial charge is 0.255 e. The lowest BCUT2D eigenvalue weighted by molar-refractivity contribution is -0.115. The van der Waals surface area contributed by atoms with E-state index in [1.165, 1.54) is 11.8 Å². The summed E-state index contributed by atoms with van der Waals surface area (Å²) in [7, 11) is 0. The molecule has 2 aromatic rings. The van der Waals surface area contributed by atoms with Gasteiger partial charge in [0.1, 0.15) is 0 Å². The Morgan fingerprint density at radius 2 is 1.90 bits per heavy atom. The molecule has 0 spiro atoms. The van der Waals surface area contributed by atoms with Gasteiger partial charge in [-0.15, -0.1) is 11.8 Å². The van der Waals surface area contributed by atoms with Crippen LogP contribution in [0.5, 0.6) is 0 Å². The molecule has 0 aliphatic heterocycles. The number of thioether (sulfide) groups is 1. The maximum absolute atomic E-state index is 12.2. The minimum Gasteiger partial charge on any atom is -0.369 e. The molecule has 21 heavy (non-hydrogen) atoms. The number of halogens is 1. The fourth-order valence-corrected chi connectivity index (χ4v) is 2.82. The van der Waals surface area contributed by atoms with E-state index >= 15 is 0 Å². The Morgan fingerprint density at radius 3 is 2.62 bits per heavy atom. The van der Waals surface area contributed by atoms with Gasteiger partial charge in [0.15, 0.2) is 0 Å². The van der Waals surface area contributed by atoms with E-state index in [2.05, 4.69) is 21.2 Å². The van der Waals surface area contributed by atoms with Gasteiger partial charge in [-0.2, -0.15) is 0 Å². The summed E-state index contributed by atoms with van der Waals surface area (Å²) in [5.74, 6) is -0.430. The summed E-state index contributed by atoms with van der Waals surface area (Å²) in [5.41, 5.74) is 6.36. The van der Waals surface area contributed by atoms with Crippen molar-refractivity contribution in [3.63, 3.8) is 0 Å². The Morgan fingerprint density at radius 1 is 1.14 bits per heavy atom. The predicted molar refractivity (Wildman–Crippen MR) is 88.5 cm³/mol. The van der Waals surface area contributed by atoms with Gasteiger partial charge in [0.05, 0.1) is 11.4 Å². The first kappa shape index (κ1) is 15.6. The van der Waals surface area contributed by atoms with Crippen LogP contribution in [0, 0.1) is 0 Å². The molecule has 0 bridgehead atoms. The van der Waals surface area contributed by atoms with Crippen LogP contribution >= 0.6 is 27.7 Å². The molecule has 0 fully saturated rings. The lowest BCUT2D eigenvalue weighted by Gasteiger charge is -2.10. The van der Waals surface area contributed by atoms with E-state index < -0.39 is 5.91 Å². The molecule has 108 valence electrons. The Balaban J connectivity index is 2.15. The van der Waals surface area contributed by atoms with E-state index in [0.717, 1.165) is 9.37 Å². The zero-order valence-electron chi connectivity index (χ0n) is 11.0. The molecule has 0 radical (unpaired) electrons. The number of carbonyl (C=O) groups is 2. The average molecular weight is 365 g/mol. The second kappa shape index (κ2) is 7.28. The number of nitrogens with two attached hydrogens (primary N) is 1. The van der Waals surface area contributed by atoms with Crippen LogP contribution in [0.4, 0.5) is 5.69 Å². The van der Waals surface area contributed by atoms with Gasteiger partial charge in [-0.25, -0.2) is 0 Å². The second-order valence-electron chi connectivity index (χ2n) is 4.22. The van der Waals surface area contributed by atoms with Crippen molar-refractivity contribution in [2.75, 3.05) is 11.1 Å². The number of hydrogen-bond acceptors (Lipinski definition) is 3. The molecule has 2 aromatic carbocycles. The van der Waals surface area contributed by atoms with Gasteiger partial charge >= 0.3 is 0 Å². The zero-order valence-corrected chi connectivity index (χ0v) is 13.4. The lowest BCUT2D eigenvalue weighted by atomic mass is 10.2. The summed E-state index contributed by atoms with van der Waals surface area (Å²) in [6.07, 6.45) is 0. The third-order valence-electron chi connectivity index (χ3n) is 2.59. The molecule has 0 saturated heterocycles. The molecule has 3 N–H and O–H groups in total. The largest absolute Gasteiger partial charge is 0.369 e. The standard InChI is InChI=1S/C15H13BrN2O2S/c16-11-5-3-4-10(8-11)15(20)18-12-6-1-2-7-13(12)21-9-14(17)19/h1-8H,9H2,(H2,17,19)(H,18,20). The van der Waals surface area contributed by atoms with Crippen LogP contribution < -0.4 is 11.1 Å². The van der Waals surface area contributed by atoms with E-state index in [-0.39, 0.29) is 11.7 Å². The number of primary amides is 1. The number of para-hydroxylation sites is 1. The Kier molecular flexibility index (Phi) is 5.41. The highest BCUT2D eigenvalue weighted by Gasteiger charge is 2.10. The Hall–Kier alpha value is -1.79. The monoisotopic (exact) mass is 364 g/mol. The Labute approximate surface area is 135 Å². The van der Waals surface area contributed by atoms with Crippen molar-refractivity contribution in [3.8, 4) is 0 Å². The number of hydrogen-bond donors (Lipinski definition) is 2. The highest BCUT2D eigenvalue weighted by molar-refractivity contribution is 9.10. The van der Waals surface area contributed by atoms with E-state index in [1.807, 2.05) is 24.3 Å². The molecule has 0 saturated carbocycles. The number of nitrogens with one attached hydrogen (secondary N) is 1. The third kappa shape index (κ3) is 4.61. The molecule has 0 atom stereocenters. The van der Waals surface area contributed by atoms with Crippen LogP contribution in [0.25, 0.3) is 0 Å². The summed E-state index contributed by atoms with van der Waals surface area (Å²) in [4.78, 5) is 23.9. The topological polar surface area (TPSA) is 72.2 Å². The van der Waals surface area contributed by atoms with E-state index in [9.17, 15) is 9.59 Å². The normalized spacial score (nSPS) is 10.1. The fraction of sp³-hybridized carbons (Fsp3) is 0.0667. The van der Waals surface area contributed by atoms with Crippen LogP contribution in [-0.4, -0.2) is 17.6 Å². The molecule has 0 aliphatic rings. The minimum atomic E-state index is -0.395. The quantitative estimate of drug-likeness (QED) is 0.799. The molecule has 0 heterocycles. The van der Waals surface area contributed by atoms with Crippen molar-refractivity contribution in [1.82, 2.24) is 0 Å². The maximum atomic E-state index is 12.2. The zero-order chi connectivity index (χ0) is 15.2. The van der Waals surface area contributed by atoms with Gasteiger partial charge in [-0.05, 0) is 30.3 Å². The molecule has 2 amide bonds. The molecular formula is C15H13BrN2O2S. The van der Waals surface area contributed by atoms with Crippen molar-refractivity contribution >= 4 is 45.2 Å². The minimum absolute atomic E-state index is 0.170. The first-order valence-electron chi connectivity index (χ1n) is 6.13. The van der Waals surface area contributed by atoms with Crippen LogP contribution in [0.3, 0.4) is 0 Å². The summed E-state index contributed by atoms with van der Waals surface area (Å²) >= 11 is 4.63. The number of amides is 2. The number of anilines is 1. The molecule has 0 unspecified atom stereocenters. The molecular weight excluding hydrogens is 352 g/mol. The Bertz CT molecular complexity index is 676. The van der Waals surface area contributed by atoms with Crippen LogP contribution in [0.1, 0.15) is 10.4 Å². The molecule has 4 nitrogen and oxygen atoms in total. The van der Waals surface area contributed by atoms with Gasteiger partial charge in [0.2, 0.25) is 5.91 Å². The first-order chi connectivity index (χ1) is 10.1. The van der Waals surface area contributed by atoms with Crippen molar-refractivity contribution in [2.24, 2.45) is 5.73 Å². The van der Waals surface area contributed by atoms with Crippen molar-refractivity contribution in [2.45, 2.75) is 4.90 Å². The molecule has 0 aliphatic carbocycles. The van der Waals surface area contributed by atoms with Crippen molar-refractivity contribution in [3.05, 3.63) is 58.6 Å². The SMILES string of the molecule is NC(=O)CSc1ccccc1NC(=O)c1cccc(Br)c1. The van der Waals surface area contributed by atoms with Crippen molar-refractivity contribution in [1.29, 1.82) is 0 Å². The highest BCUT2D eigenvalue weighted by atomic mass is 79.9. The lowest BCUT2D eigenvalue weighted by Crippen LogP contribution is -2.14. The maximum Gasteiger partial charge on any atom is 0.255 e. The summed E-state index contributed by atoms with van der Waals surface area (Å²) in [6, 6.07) is 14.4. The average Bonchev–Trinajstić information content (AvgIpc) is 2.46. The third-order valence-corrected chi connectivity index (χ3v) is 4.18. The van der Waals surface area contributed by atoms with Gasteiger partial charge in [0.25, 0.3) is 5.91 Å². The van der Waals surface area contributed by atoms with E-state index in [1.54, 1.807) is 24.3 Å². The van der Waals surface area contributed by atoms with Gasteiger partial charge < -0.3 is 11.1 Å². The second-order valence-corrected chi connectivity index (χ2v) is 6.15. The molecule has 2 rings (SSSR count).